The third-order valence-corrected chi connectivity index (χ3v) is 6.17. The van der Waals surface area contributed by atoms with Crippen LogP contribution in [0.5, 0.6) is 0 Å². The Morgan fingerprint density at radius 2 is 1.67 bits per heavy atom. The highest BCUT2D eigenvalue weighted by Gasteiger charge is 2.23. The highest BCUT2D eigenvalue weighted by atomic mass is 32.2. The molecule has 1 amide bonds. The number of benzene rings is 2. The Balaban J connectivity index is 1.92. The fraction of sp³-hybridized carbons (Fsp3) is 0.350. The summed E-state index contributed by atoms with van der Waals surface area (Å²) in [4.78, 5) is 14.5. The Morgan fingerprint density at radius 3 is 2.37 bits per heavy atom. The Bertz CT molecular complexity index is 964. The first-order chi connectivity index (χ1) is 12.8. The lowest BCUT2D eigenvalue weighted by Crippen LogP contribution is -2.40. The standard InChI is InChI=1S/C20H24N2O4S/c1-14-4-5-15(2)18(12-14)21-27(24,25)19-13-17(7-6-16(19)3)20(23)22-8-10-26-11-9-22/h4-7,12-13,21H,8-11H2,1-3H3. The summed E-state index contributed by atoms with van der Waals surface area (Å²) in [6, 6.07) is 10.4. The Morgan fingerprint density at radius 1 is 1.00 bits per heavy atom. The number of nitrogens with one attached hydrogen (secondary N) is 1. The number of amides is 1. The van der Waals surface area contributed by atoms with Gasteiger partial charge in [-0.05, 0) is 55.7 Å². The molecule has 1 saturated heterocycles. The van der Waals surface area contributed by atoms with Crippen LogP contribution in [-0.4, -0.2) is 45.5 Å². The molecule has 1 aliphatic heterocycles. The van der Waals surface area contributed by atoms with E-state index in [0.717, 1.165) is 11.1 Å². The number of ether oxygens (including phenoxy) is 1. The van der Waals surface area contributed by atoms with Crippen LogP contribution in [-0.2, 0) is 14.8 Å². The molecule has 1 heterocycles. The molecule has 1 fully saturated rings. The summed E-state index contributed by atoms with van der Waals surface area (Å²) in [5.74, 6) is -0.179. The smallest absolute Gasteiger partial charge is 0.262 e. The Kier molecular flexibility index (Phi) is 5.53. The van der Waals surface area contributed by atoms with Gasteiger partial charge in [-0.15, -0.1) is 0 Å². The normalized spacial score (nSPS) is 14.9. The molecule has 0 unspecified atom stereocenters. The van der Waals surface area contributed by atoms with Gasteiger partial charge >= 0.3 is 0 Å². The number of hydrogen-bond acceptors (Lipinski definition) is 4. The first-order valence-corrected chi connectivity index (χ1v) is 10.3. The van der Waals surface area contributed by atoms with E-state index in [1.807, 2.05) is 26.0 Å². The van der Waals surface area contributed by atoms with E-state index in [2.05, 4.69) is 4.72 Å². The zero-order valence-electron chi connectivity index (χ0n) is 15.8. The van der Waals surface area contributed by atoms with Crippen LogP contribution in [0.2, 0.25) is 0 Å². The van der Waals surface area contributed by atoms with Gasteiger partial charge in [-0.2, -0.15) is 0 Å². The van der Waals surface area contributed by atoms with Crippen molar-refractivity contribution in [1.29, 1.82) is 0 Å². The highest BCUT2D eigenvalue weighted by Crippen LogP contribution is 2.24. The zero-order chi connectivity index (χ0) is 19.6. The summed E-state index contributed by atoms with van der Waals surface area (Å²) in [5, 5.41) is 0. The van der Waals surface area contributed by atoms with Gasteiger partial charge in [0.2, 0.25) is 0 Å². The average Bonchev–Trinajstić information content (AvgIpc) is 2.65. The minimum atomic E-state index is -3.82. The molecule has 0 aromatic heterocycles. The number of rotatable bonds is 4. The van der Waals surface area contributed by atoms with Gasteiger partial charge in [-0.1, -0.05) is 18.2 Å². The van der Waals surface area contributed by atoms with Gasteiger partial charge in [0.15, 0.2) is 0 Å². The van der Waals surface area contributed by atoms with Crippen LogP contribution in [0.25, 0.3) is 0 Å². The molecule has 0 aliphatic carbocycles. The molecule has 7 heteroatoms. The largest absolute Gasteiger partial charge is 0.378 e. The molecule has 27 heavy (non-hydrogen) atoms. The second kappa shape index (κ2) is 7.70. The predicted octanol–water partition coefficient (Wildman–Crippen LogP) is 2.89. The monoisotopic (exact) mass is 388 g/mol. The molecule has 0 bridgehead atoms. The molecule has 2 aromatic carbocycles. The molecule has 2 aromatic rings. The number of sulfonamides is 1. The first kappa shape index (κ1) is 19.4. The van der Waals surface area contributed by atoms with E-state index >= 15 is 0 Å². The molecular formula is C20H24N2O4S. The second-order valence-electron chi connectivity index (χ2n) is 6.81. The summed E-state index contributed by atoms with van der Waals surface area (Å²) < 4.78 is 33.9. The lowest BCUT2D eigenvalue weighted by Gasteiger charge is -2.27. The van der Waals surface area contributed by atoms with Crippen molar-refractivity contribution in [3.63, 3.8) is 0 Å². The van der Waals surface area contributed by atoms with Crippen LogP contribution >= 0.6 is 0 Å². The quantitative estimate of drug-likeness (QED) is 0.874. The van der Waals surface area contributed by atoms with Crippen LogP contribution in [0.4, 0.5) is 5.69 Å². The Hall–Kier alpha value is -2.38. The Labute approximate surface area is 160 Å². The first-order valence-electron chi connectivity index (χ1n) is 8.86. The second-order valence-corrected chi connectivity index (χ2v) is 8.46. The molecular weight excluding hydrogens is 364 g/mol. The topological polar surface area (TPSA) is 75.7 Å². The maximum atomic E-state index is 13.0. The van der Waals surface area contributed by atoms with Crippen molar-refractivity contribution in [1.82, 2.24) is 4.90 Å². The van der Waals surface area contributed by atoms with Gasteiger partial charge in [0.1, 0.15) is 0 Å². The highest BCUT2D eigenvalue weighted by molar-refractivity contribution is 7.92. The van der Waals surface area contributed by atoms with Gasteiger partial charge in [0, 0.05) is 18.7 Å². The molecule has 3 rings (SSSR count). The van der Waals surface area contributed by atoms with Crippen LogP contribution in [0, 0.1) is 20.8 Å². The number of anilines is 1. The summed E-state index contributed by atoms with van der Waals surface area (Å²) in [6.07, 6.45) is 0. The fourth-order valence-electron chi connectivity index (χ4n) is 3.02. The number of carbonyl (C=O) groups is 1. The van der Waals surface area contributed by atoms with E-state index in [1.54, 1.807) is 30.0 Å². The molecule has 6 nitrogen and oxygen atoms in total. The van der Waals surface area contributed by atoms with Crippen LogP contribution < -0.4 is 4.72 Å². The zero-order valence-corrected chi connectivity index (χ0v) is 16.6. The van der Waals surface area contributed by atoms with E-state index in [4.69, 9.17) is 4.74 Å². The summed E-state index contributed by atoms with van der Waals surface area (Å²) in [6.45, 7) is 7.49. The van der Waals surface area contributed by atoms with E-state index in [-0.39, 0.29) is 10.8 Å². The van der Waals surface area contributed by atoms with E-state index < -0.39 is 10.0 Å². The van der Waals surface area contributed by atoms with Crippen molar-refractivity contribution in [3.8, 4) is 0 Å². The maximum Gasteiger partial charge on any atom is 0.262 e. The van der Waals surface area contributed by atoms with E-state index in [9.17, 15) is 13.2 Å². The number of carbonyl (C=O) groups excluding carboxylic acids is 1. The van der Waals surface area contributed by atoms with Gasteiger partial charge in [0.25, 0.3) is 15.9 Å². The molecule has 0 atom stereocenters. The minimum absolute atomic E-state index is 0.113. The SMILES string of the molecule is Cc1ccc(C)c(NS(=O)(=O)c2cc(C(=O)N3CCOCC3)ccc2C)c1. The summed E-state index contributed by atoms with van der Waals surface area (Å²) in [5.41, 5.74) is 3.29. The number of aryl methyl sites for hydroxylation is 3. The number of nitrogens with zero attached hydrogens (tertiary/aromatic N) is 1. The number of morpholine rings is 1. The van der Waals surface area contributed by atoms with Crippen molar-refractivity contribution in [2.24, 2.45) is 0 Å². The maximum absolute atomic E-state index is 13.0. The molecule has 1 N–H and O–H groups in total. The summed E-state index contributed by atoms with van der Waals surface area (Å²) in [7, 11) is -3.82. The van der Waals surface area contributed by atoms with Crippen molar-refractivity contribution < 1.29 is 17.9 Å². The third-order valence-electron chi connectivity index (χ3n) is 4.66. The molecule has 144 valence electrons. The predicted molar refractivity (Wildman–Crippen MR) is 105 cm³/mol. The third kappa shape index (κ3) is 4.31. The van der Waals surface area contributed by atoms with Gasteiger partial charge in [-0.3, -0.25) is 9.52 Å². The summed E-state index contributed by atoms with van der Waals surface area (Å²) >= 11 is 0. The van der Waals surface area contributed by atoms with Crippen molar-refractivity contribution in [2.75, 3.05) is 31.0 Å². The van der Waals surface area contributed by atoms with Crippen molar-refractivity contribution in [3.05, 3.63) is 58.7 Å². The lowest BCUT2D eigenvalue weighted by atomic mass is 10.1. The van der Waals surface area contributed by atoms with Gasteiger partial charge in [0.05, 0.1) is 23.8 Å². The van der Waals surface area contributed by atoms with Crippen molar-refractivity contribution in [2.45, 2.75) is 25.7 Å². The van der Waals surface area contributed by atoms with Crippen molar-refractivity contribution >= 4 is 21.6 Å². The van der Waals surface area contributed by atoms with Crippen LogP contribution in [0.15, 0.2) is 41.3 Å². The molecule has 1 aliphatic rings. The molecule has 0 saturated carbocycles. The van der Waals surface area contributed by atoms with Gasteiger partial charge in [-0.25, -0.2) is 8.42 Å². The molecule has 0 radical (unpaired) electrons. The minimum Gasteiger partial charge on any atom is -0.378 e. The van der Waals surface area contributed by atoms with E-state index in [1.165, 1.54) is 6.07 Å². The molecule has 0 spiro atoms. The number of hydrogen-bond donors (Lipinski definition) is 1. The fourth-order valence-corrected chi connectivity index (χ4v) is 4.41. The van der Waals surface area contributed by atoms with Gasteiger partial charge < -0.3 is 9.64 Å². The van der Waals surface area contributed by atoms with Crippen LogP contribution in [0.1, 0.15) is 27.0 Å². The van der Waals surface area contributed by atoms with E-state index in [0.29, 0.717) is 43.1 Å². The lowest BCUT2D eigenvalue weighted by molar-refractivity contribution is 0.0302. The average molecular weight is 388 g/mol. The van der Waals surface area contributed by atoms with Crippen LogP contribution in [0.3, 0.4) is 0 Å².